The Kier molecular flexibility index (Phi) is 4.09. The predicted molar refractivity (Wildman–Crippen MR) is 82.1 cm³/mol. The third-order valence-corrected chi connectivity index (χ3v) is 3.23. The smallest absolute Gasteiger partial charge is 0.223 e. The van der Waals surface area contributed by atoms with E-state index in [-0.39, 0.29) is 11.5 Å². The van der Waals surface area contributed by atoms with Crippen LogP contribution in [0.25, 0.3) is 0 Å². The fraction of sp³-hybridized carbons (Fsp3) is 0.353. The molecule has 0 saturated carbocycles. The quantitative estimate of drug-likeness (QED) is 0.909. The van der Waals surface area contributed by atoms with Crippen LogP contribution in [0.5, 0.6) is 11.6 Å². The van der Waals surface area contributed by atoms with Crippen LogP contribution < -0.4 is 10.5 Å². The van der Waals surface area contributed by atoms with Crippen LogP contribution in [0.15, 0.2) is 42.6 Å². The number of nitrogens with zero attached hydrogens (tertiary/aromatic N) is 1. The first kappa shape index (κ1) is 14.5. The summed E-state index contributed by atoms with van der Waals surface area (Å²) in [6, 6.07) is 11.8. The molecular formula is C17H22N2O. The normalized spacial score (nSPS) is 13.1. The third-order valence-electron chi connectivity index (χ3n) is 3.23. The van der Waals surface area contributed by atoms with E-state index in [1.54, 1.807) is 6.20 Å². The summed E-state index contributed by atoms with van der Waals surface area (Å²) in [5.41, 5.74) is 8.25. The first-order valence-corrected chi connectivity index (χ1v) is 6.87. The van der Waals surface area contributed by atoms with E-state index >= 15 is 0 Å². The van der Waals surface area contributed by atoms with Gasteiger partial charge in [0, 0.05) is 17.8 Å². The van der Waals surface area contributed by atoms with Gasteiger partial charge in [-0.2, -0.15) is 0 Å². The number of aromatic nitrogens is 1. The van der Waals surface area contributed by atoms with Crippen LogP contribution in [0.1, 0.15) is 44.9 Å². The molecule has 0 fully saturated rings. The number of hydrogen-bond donors (Lipinski definition) is 1. The molecule has 0 saturated heterocycles. The maximum absolute atomic E-state index is 5.93. The van der Waals surface area contributed by atoms with Crippen molar-refractivity contribution in [2.24, 2.45) is 5.73 Å². The lowest BCUT2D eigenvalue weighted by Gasteiger charge is -2.19. The van der Waals surface area contributed by atoms with Crippen LogP contribution in [0.4, 0.5) is 0 Å². The van der Waals surface area contributed by atoms with Crippen LogP contribution in [0.3, 0.4) is 0 Å². The molecular weight excluding hydrogens is 248 g/mol. The highest BCUT2D eigenvalue weighted by Crippen LogP contribution is 2.28. The predicted octanol–water partition coefficient (Wildman–Crippen LogP) is 4.19. The van der Waals surface area contributed by atoms with Gasteiger partial charge >= 0.3 is 0 Å². The SMILES string of the molecule is CC(N)c1cccnc1Oc1ccc(C(C)(C)C)cc1. The zero-order valence-electron chi connectivity index (χ0n) is 12.6. The molecule has 0 bridgehead atoms. The van der Waals surface area contributed by atoms with Gasteiger partial charge in [0.25, 0.3) is 0 Å². The Balaban J connectivity index is 2.23. The van der Waals surface area contributed by atoms with Gasteiger partial charge < -0.3 is 10.5 Å². The van der Waals surface area contributed by atoms with E-state index in [0.29, 0.717) is 5.88 Å². The Labute approximate surface area is 120 Å². The maximum atomic E-state index is 5.93. The van der Waals surface area contributed by atoms with Crippen LogP contribution >= 0.6 is 0 Å². The summed E-state index contributed by atoms with van der Waals surface area (Å²) in [6.07, 6.45) is 1.71. The molecule has 2 aromatic rings. The van der Waals surface area contributed by atoms with Crippen molar-refractivity contribution >= 4 is 0 Å². The van der Waals surface area contributed by atoms with Gasteiger partial charge in [-0.15, -0.1) is 0 Å². The third kappa shape index (κ3) is 3.36. The molecule has 1 heterocycles. The van der Waals surface area contributed by atoms with Crippen molar-refractivity contribution in [3.05, 3.63) is 53.7 Å². The van der Waals surface area contributed by atoms with Gasteiger partial charge in [-0.05, 0) is 36.1 Å². The van der Waals surface area contributed by atoms with Crippen LogP contribution in [-0.4, -0.2) is 4.98 Å². The monoisotopic (exact) mass is 270 g/mol. The Morgan fingerprint density at radius 1 is 1.10 bits per heavy atom. The first-order valence-electron chi connectivity index (χ1n) is 6.87. The molecule has 2 rings (SSSR count). The fourth-order valence-corrected chi connectivity index (χ4v) is 1.97. The molecule has 1 unspecified atom stereocenters. The summed E-state index contributed by atoms with van der Waals surface area (Å²) in [7, 11) is 0. The average Bonchev–Trinajstić information content (AvgIpc) is 2.38. The minimum Gasteiger partial charge on any atom is -0.439 e. The molecule has 3 nitrogen and oxygen atoms in total. The second-order valence-electron chi connectivity index (χ2n) is 6.06. The number of benzene rings is 1. The molecule has 0 aliphatic heterocycles. The lowest BCUT2D eigenvalue weighted by molar-refractivity contribution is 0.451. The summed E-state index contributed by atoms with van der Waals surface area (Å²) < 4.78 is 5.85. The molecule has 20 heavy (non-hydrogen) atoms. The molecule has 2 N–H and O–H groups in total. The van der Waals surface area contributed by atoms with Crippen molar-refractivity contribution in [1.82, 2.24) is 4.98 Å². The maximum Gasteiger partial charge on any atom is 0.223 e. The zero-order chi connectivity index (χ0) is 14.8. The van der Waals surface area contributed by atoms with Crippen molar-refractivity contribution < 1.29 is 4.74 Å². The van der Waals surface area contributed by atoms with E-state index in [2.05, 4.69) is 37.9 Å². The number of rotatable bonds is 3. The van der Waals surface area contributed by atoms with Gasteiger partial charge in [-0.1, -0.05) is 39.0 Å². The average molecular weight is 270 g/mol. The lowest BCUT2D eigenvalue weighted by atomic mass is 9.87. The largest absolute Gasteiger partial charge is 0.439 e. The summed E-state index contributed by atoms with van der Waals surface area (Å²) in [5, 5.41) is 0. The number of ether oxygens (including phenoxy) is 1. The minimum absolute atomic E-state index is 0.104. The van der Waals surface area contributed by atoms with Crippen molar-refractivity contribution in [3.63, 3.8) is 0 Å². The highest BCUT2D eigenvalue weighted by Gasteiger charge is 2.14. The Bertz CT molecular complexity index is 568. The van der Waals surface area contributed by atoms with E-state index in [1.165, 1.54) is 5.56 Å². The summed E-state index contributed by atoms with van der Waals surface area (Å²) in [5.74, 6) is 1.35. The zero-order valence-corrected chi connectivity index (χ0v) is 12.6. The molecule has 106 valence electrons. The van der Waals surface area contributed by atoms with Crippen LogP contribution in [-0.2, 0) is 5.41 Å². The van der Waals surface area contributed by atoms with Crippen LogP contribution in [0, 0.1) is 0 Å². The minimum atomic E-state index is -0.104. The molecule has 0 aliphatic carbocycles. The van der Waals surface area contributed by atoms with E-state index in [1.807, 2.05) is 31.2 Å². The molecule has 0 spiro atoms. The Morgan fingerprint density at radius 2 is 1.75 bits per heavy atom. The van der Waals surface area contributed by atoms with Gasteiger partial charge in [0.15, 0.2) is 0 Å². The van der Waals surface area contributed by atoms with Crippen molar-refractivity contribution in [1.29, 1.82) is 0 Å². The standard InChI is InChI=1S/C17H22N2O/c1-12(18)15-6-5-11-19-16(15)20-14-9-7-13(8-10-14)17(2,3)4/h5-12H,18H2,1-4H3. The van der Waals surface area contributed by atoms with Crippen molar-refractivity contribution in [3.8, 4) is 11.6 Å². The Hall–Kier alpha value is -1.87. The topological polar surface area (TPSA) is 48.1 Å². The molecule has 0 amide bonds. The first-order chi connectivity index (χ1) is 9.38. The number of nitrogens with two attached hydrogens (primary N) is 1. The lowest BCUT2D eigenvalue weighted by Crippen LogP contribution is -2.10. The summed E-state index contributed by atoms with van der Waals surface area (Å²) in [4.78, 5) is 4.26. The van der Waals surface area contributed by atoms with Crippen molar-refractivity contribution in [2.75, 3.05) is 0 Å². The number of hydrogen-bond acceptors (Lipinski definition) is 3. The second kappa shape index (κ2) is 5.63. The van der Waals surface area contributed by atoms with E-state index < -0.39 is 0 Å². The Morgan fingerprint density at radius 3 is 2.30 bits per heavy atom. The highest BCUT2D eigenvalue weighted by atomic mass is 16.5. The van der Waals surface area contributed by atoms with Gasteiger partial charge in [-0.25, -0.2) is 4.98 Å². The summed E-state index contributed by atoms with van der Waals surface area (Å²) in [6.45, 7) is 8.49. The second-order valence-corrected chi connectivity index (χ2v) is 6.06. The molecule has 1 aromatic heterocycles. The molecule has 1 atom stereocenters. The number of pyridine rings is 1. The van der Waals surface area contributed by atoms with Gasteiger partial charge in [0.1, 0.15) is 5.75 Å². The highest BCUT2D eigenvalue weighted by molar-refractivity contribution is 5.36. The molecule has 0 aliphatic rings. The van der Waals surface area contributed by atoms with Crippen molar-refractivity contribution in [2.45, 2.75) is 39.2 Å². The molecule has 3 heteroatoms. The van der Waals surface area contributed by atoms with E-state index in [0.717, 1.165) is 11.3 Å². The van der Waals surface area contributed by atoms with E-state index in [4.69, 9.17) is 10.5 Å². The fourth-order valence-electron chi connectivity index (χ4n) is 1.97. The molecule has 1 aromatic carbocycles. The van der Waals surface area contributed by atoms with Gasteiger partial charge in [-0.3, -0.25) is 0 Å². The van der Waals surface area contributed by atoms with Gasteiger partial charge in [0.2, 0.25) is 5.88 Å². The summed E-state index contributed by atoms with van der Waals surface area (Å²) >= 11 is 0. The van der Waals surface area contributed by atoms with E-state index in [9.17, 15) is 0 Å². The molecule has 0 radical (unpaired) electrons. The van der Waals surface area contributed by atoms with Gasteiger partial charge in [0.05, 0.1) is 0 Å². The van der Waals surface area contributed by atoms with Crippen LogP contribution in [0.2, 0.25) is 0 Å².